The molecule has 0 aliphatic rings. The molecule has 102 valence electrons. The standard InChI is InChI=1S/C13H12N4O2S/c1-9-12(20-17-16-9)13(19)15-11-7-4-6-10(14-11)5-2-3-8-18/h4,6-7,18H,3,8H2,1H3,(H,14,15,19). The third kappa shape index (κ3) is 3.60. The lowest BCUT2D eigenvalue weighted by Gasteiger charge is -2.02. The normalized spacial score (nSPS) is 9.70. The van der Waals surface area contributed by atoms with E-state index in [9.17, 15) is 4.79 Å². The Bertz CT molecular complexity index is 672. The number of nitrogens with zero attached hydrogens (tertiary/aromatic N) is 3. The minimum absolute atomic E-state index is 0.0150. The first kappa shape index (κ1) is 14.1. The van der Waals surface area contributed by atoms with Crippen LogP contribution >= 0.6 is 11.5 Å². The van der Waals surface area contributed by atoms with Gasteiger partial charge in [-0.15, -0.1) is 5.10 Å². The fourth-order valence-electron chi connectivity index (χ4n) is 1.40. The van der Waals surface area contributed by atoms with Crippen molar-refractivity contribution in [3.05, 3.63) is 34.5 Å². The van der Waals surface area contributed by atoms with Crippen LogP contribution in [0, 0.1) is 18.8 Å². The van der Waals surface area contributed by atoms with E-state index in [1.54, 1.807) is 25.1 Å². The first-order valence-electron chi connectivity index (χ1n) is 5.88. The summed E-state index contributed by atoms with van der Waals surface area (Å²) in [5.41, 5.74) is 1.13. The van der Waals surface area contributed by atoms with Crippen LogP contribution in [0.2, 0.25) is 0 Å². The predicted molar refractivity (Wildman–Crippen MR) is 75.4 cm³/mol. The van der Waals surface area contributed by atoms with Crippen LogP contribution in [0.15, 0.2) is 18.2 Å². The highest BCUT2D eigenvalue weighted by Gasteiger charge is 2.13. The smallest absolute Gasteiger partial charge is 0.270 e. The Morgan fingerprint density at radius 2 is 2.35 bits per heavy atom. The third-order valence-electron chi connectivity index (χ3n) is 2.30. The molecule has 0 aliphatic heterocycles. The Morgan fingerprint density at radius 1 is 1.50 bits per heavy atom. The molecule has 0 bridgehead atoms. The van der Waals surface area contributed by atoms with E-state index in [1.165, 1.54) is 0 Å². The fraction of sp³-hybridized carbons (Fsp3) is 0.231. The summed E-state index contributed by atoms with van der Waals surface area (Å²) in [5, 5.41) is 15.1. The van der Waals surface area contributed by atoms with Crippen LogP contribution in [0.1, 0.15) is 27.5 Å². The first-order valence-corrected chi connectivity index (χ1v) is 6.65. The van der Waals surface area contributed by atoms with Crippen molar-refractivity contribution in [2.75, 3.05) is 11.9 Å². The molecule has 0 fully saturated rings. The highest BCUT2D eigenvalue weighted by atomic mass is 32.1. The van der Waals surface area contributed by atoms with Gasteiger partial charge in [-0.25, -0.2) is 4.98 Å². The van der Waals surface area contributed by atoms with Crippen LogP contribution in [-0.2, 0) is 0 Å². The Balaban J connectivity index is 2.11. The van der Waals surface area contributed by atoms with Crippen molar-refractivity contribution in [1.29, 1.82) is 0 Å². The van der Waals surface area contributed by atoms with E-state index in [4.69, 9.17) is 5.11 Å². The summed E-state index contributed by atoms with van der Waals surface area (Å²) in [5.74, 6) is 5.72. The van der Waals surface area contributed by atoms with Crippen LogP contribution in [0.5, 0.6) is 0 Å². The molecule has 2 aromatic rings. The van der Waals surface area contributed by atoms with Crippen molar-refractivity contribution in [3.8, 4) is 11.8 Å². The molecule has 0 spiro atoms. The van der Waals surface area contributed by atoms with Crippen LogP contribution in [0.3, 0.4) is 0 Å². The molecule has 20 heavy (non-hydrogen) atoms. The zero-order valence-corrected chi connectivity index (χ0v) is 11.6. The molecule has 0 saturated carbocycles. The highest BCUT2D eigenvalue weighted by molar-refractivity contribution is 7.08. The summed E-state index contributed by atoms with van der Waals surface area (Å²) < 4.78 is 3.72. The number of aryl methyl sites for hydroxylation is 1. The number of amides is 1. The number of rotatable bonds is 3. The molecular weight excluding hydrogens is 276 g/mol. The Kier molecular flexibility index (Phi) is 4.76. The topological polar surface area (TPSA) is 88.0 Å². The molecule has 2 aromatic heterocycles. The number of hydrogen-bond acceptors (Lipinski definition) is 6. The molecule has 6 nitrogen and oxygen atoms in total. The molecule has 0 radical (unpaired) electrons. The quantitative estimate of drug-likeness (QED) is 0.829. The van der Waals surface area contributed by atoms with E-state index < -0.39 is 0 Å². The van der Waals surface area contributed by atoms with Gasteiger partial charge in [0.05, 0.1) is 12.3 Å². The van der Waals surface area contributed by atoms with Gasteiger partial charge in [-0.2, -0.15) is 0 Å². The van der Waals surface area contributed by atoms with Crippen molar-refractivity contribution in [1.82, 2.24) is 14.6 Å². The van der Waals surface area contributed by atoms with Crippen molar-refractivity contribution in [2.24, 2.45) is 0 Å². The van der Waals surface area contributed by atoms with Gasteiger partial charge in [-0.05, 0) is 36.5 Å². The number of pyridine rings is 1. The zero-order chi connectivity index (χ0) is 14.4. The number of aliphatic hydroxyl groups excluding tert-OH is 1. The van der Waals surface area contributed by atoms with Crippen LogP contribution in [0.25, 0.3) is 0 Å². The number of anilines is 1. The lowest BCUT2D eigenvalue weighted by molar-refractivity contribution is 0.102. The minimum atomic E-state index is -0.287. The van der Waals surface area contributed by atoms with E-state index in [-0.39, 0.29) is 12.5 Å². The van der Waals surface area contributed by atoms with Crippen molar-refractivity contribution < 1.29 is 9.90 Å². The molecule has 0 unspecified atom stereocenters. The second kappa shape index (κ2) is 6.75. The van der Waals surface area contributed by atoms with Gasteiger partial charge in [-0.3, -0.25) is 4.79 Å². The molecule has 0 aliphatic carbocycles. The number of aliphatic hydroxyl groups is 1. The van der Waals surface area contributed by atoms with E-state index >= 15 is 0 Å². The third-order valence-corrected chi connectivity index (χ3v) is 3.13. The number of nitrogens with one attached hydrogen (secondary N) is 1. The summed E-state index contributed by atoms with van der Waals surface area (Å²) in [7, 11) is 0. The lowest BCUT2D eigenvalue weighted by Crippen LogP contribution is -2.12. The molecule has 2 N–H and O–H groups in total. The maximum Gasteiger partial charge on any atom is 0.270 e. The van der Waals surface area contributed by atoms with E-state index in [0.29, 0.717) is 28.5 Å². The molecule has 2 heterocycles. The number of carbonyl (C=O) groups is 1. The maximum absolute atomic E-state index is 12.0. The molecule has 0 aromatic carbocycles. The van der Waals surface area contributed by atoms with Gasteiger partial charge in [0, 0.05) is 6.42 Å². The predicted octanol–water partition coefficient (Wildman–Crippen LogP) is 1.23. The highest BCUT2D eigenvalue weighted by Crippen LogP contribution is 2.12. The molecule has 1 amide bonds. The second-order valence-corrected chi connectivity index (χ2v) is 4.58. The molecular formula is C13H12N4O2S. The number of hydrogen-bond donors (Lipinski definition) is 2. The van der Waals surface area contributed by atoms with E-state index in [2.05, 4.69) is 31.7 Å². The Labute approximate surface area is 120 Å². The van der Waals surface area contributed by atoms with Crippen molar-refractivity contribution >= 4 is 23.3 Å². The van der Waals surface area contributed by atoms with E-state index in [1.807, 2.05) is 0 Å². The fourth-order valence-corrected chi connectivity index (χ4v) is 1.95. The number of carbonyl (C=O) groups excluding carboxylic acids is 1. The minimum Gasteiger partial charge on any atom is -0.395 e. The largest absolute Gasteiger partial charge is 0.395 e. The second-order valence-electron chi connectivity index (χ2n) is 3.83. The Hall–Kier alpha value is -2.30. The molecule has 2 rings (SSSR count). The average Bonchev–Trinajstić information content (AvgIpc) is 2.86. The maximum atomic E-state index is 12.0. The zero-order valence-electron chi connectivity index (χ0n) is 10.8. The SMILES string of the molecule is Cc1nnsc1C(=O)Nc1cccc(C#CCCO)n1. The van der Waals surface area contributed by atoms with Crippen molar-refractivity contribution in [3.63, 3.8) is 0 Å². The van der Waals surface area contributed by atoms with Crippen LogP contribution < -0.4 is 5.32 Å². The van der Waals surface area contributed by atoms with Gasteiger partial charge >= 0.3 is 0 Å². The first-order chi connectivity index (χ1) is 9.70. The molecule has 0 atom stereocenters. The number of aromatic nitrogens is 3. The Morgan fingerprint density at radius 3 is 3.05 bits per heavy atom. The summed E-state index contributed by atoms with van der Waals surface area (Å²) >= 11 is 1.04. The van der Waals surface area contributed by atoms with Crippen LogP contribution in [-0.4, -0.2) is 32.2 Å². The van der Waals surface area contributed by atoms with Gasteiger partial charge in [0.2, 0.25) is 0 Å². The van der Waals surface area contributed by atoms with Crippen molar-refractivity contribution in [2.45, 2.75) is 13.3 Å². The summed E-state index contributed by atoms with van der Waals surface area (Å²) in [6.07, 6.45) is 0.393. The van der Waals surface area contributed by atoms with Gasteiger partial charge < -0.3 is 10.4 Å². The average molecular weight is 288 g/mol. The molecule has 0 saturated heterocycles. The lowest BCUT2D eigenvalue weighted by atomic mass is 10.3. The monoisotopic (exact) mass is 288 g/mol. The van der Waals surface area contributed by atoms with E-state index in [0.717, 1.165) is 11.5 Å². The van der Waals surface area contributed by atoms with Crippen LogP contribution in [0.4, 0.5) is 5.82 Å². The molecule has 7 heteroatoms. The summed E-state index contributed by atoms with van der Waals surface area (Å²) in [4.78, 5) is 16.6. The van der Waals surface area contributed by atoms with Gasteiger partial charge in [0.1, 0.15) is 16.4 Å². The summed E-state index contributed by atoms with van der Waals surface area (Å²) in [6, 6.07) is 5.17. The van der Waals surface area contributed by atoms with Gasteiger partial charge in [0.25, 0.3) is 5.91 Å². The summed E-state index contributed by atoms with van der Waals surface area (Å²) in [6.45, 7) is 1.74. The van der Waals surface area contributed by atoms with Gasteiger partial charge in [-0.1, -0.05) is 16.5 Å². The van der Waals surface area contributed by atoms with Gasteiger partial charge in [0.15, 0.2) is 0 Å².